The van der Waals surface area contributed by atoms with Crippen molar-refractivity contribution in [3.8, 4) is 33.6 Å². The van der Waals surface area contributed by atoms with Crippen LogP contribution in [0.15, 0.2) is 60.9 Å². The largest absolute Gasteiger partial charge is 0.256 e. The second kappa shape index (κ2) is 7.51. The summed E-state index contributed by atoms with van der Waals surface area (Å²) in [6.45, 7) is 6.16. The highest BCUT2D eigenvalue weighted by Gasteiger charge is 2.17. The summed E-state index contributed by atoms with van der Waals surface area (Å²) in [5, 5.41) is 0. The third-order valence-corrected chi connectivity index (χ3v) is 4.87. The van der Waals surface area contributed by atoms with E-state index in [1.54, 1.807) is 30.6 Å². The van der Waals surface area contributed by atoms with Gasteiger partial charge in [0.15, 0.2) is 0 Å². The number of aryl methyl sites for hydroxylation is 3. The fourth-order valence-corrected chi connectivity index (χ4v) is 3.72. The summed E-state index contributed by atoms with van der Waals surface area (Å²) < 4.78 is 28.9. The van der Waals surface area contributed by atoms with Gasteiger partial charge in [-0.3, -0.25) is 9.97 Å². The van der Waals surface area contributed by atoms with Gasteiger partial charge in [0.1, 0.15) is 0 Å². The molecule has 4 aromatic rings. The van der Waals surface area contributed by atoms with E-state index in [4.69, 9.17) is 0 Å². The molecule has 0 aliphatic heterocycles. The Hall–Kier alpha value is -3.47. The lowest BCUT2D eigenvalue weighted by Crippen LogP contribution is -1.99. The Labute approximate surface area is 168 Å². The van der Waals surface area contributed by atoms with E-state index in [0.717, 1.165) is 22.3 Å². The molecule has 3 nitrogen and oxygen atoms in total. The van der Waals surface area contributed by atoms with Crippen LogP contribution in [0.1, 0.15) is 16.7 Å². The van der Waals surface area contributed by atoms with Crippen molar-refractivity contribution in [2.45, 2.75) is 20.8 Å². The quantitative estimate of drug-likeness (QED) is 0.400. The third kappa shape index (κ3) is 3.63. The molecule has 0 unspecified atom stereocenters. The molecule has 0 radical (unpaired) electrons. The van der Waals surface area contributed by atoms with E-state index in [9.17, 15) is 8.78 Å². The highest BCUT2D eigenvalue weighted by molar-refractivity contribution is 5.76. The summed E-state index contributed by atoms with van der Waals surface area (Å²) in [4.78, 5) is 11.9. The standard InChI is InChI=1S/C24H19F2N3/c1-14-10-15(2)22(16(3)11-14)17-7-9-28-21(12-17)19-13-18(23(25)29-24(19)26)20-6-4-5-8-27-20/h4-13H,1-3H3. The molecule has 0 fully saturated rings. The second-order valence-electron chi connectivity index (χ2n) is 7.08. The summed E-state index contributed by atoms with van der Waals surface area (Å²) in [5.41, 5.74) is 6.51. The highest BCUT2D eigenvalue weighted by Crippen LogP contribution is 2.32. The van der Waals surface area contributed by atoms with Crippen LogP contribution in [0.5, 0.6) is 0 Å². The molecule has 0 atom stereocenters. The Morgan fingerprint density at radius 3 is 2.00 bits per heavy atom. The van der Waals surface area contributed by atoms with Crippen molar-refractivity contribution in [1.82, 2.24) is 15.0 Å². The molecule has 5 heteroatoms. The molecular formula is C24H19F2N3. The summed E-state index contributed by atoms with van der Waals surface area (Å²) in [7, 11) is 0. The first-order valence-corrected chi connectivity index (χ1v) is 9.26. The van der Waals surface area contributed by atoms with Gasteiger partial charge < -0.3 is 0 Å². The van der Waals surface area contributed by atoms with Crippen molar-refractivity contribution in [3.63, 3.8) is 0 Å². The zero-order valence-corrected chi connectivity index (χ0v) is 16.4. The van der Waals surface area contributed by atoms with Crippen LogP contribution in [0.3, 0.4) is 0 Å². The minimum Gasteiger partial charge on any atom is -0.256 e. The first-order chi connectivity index (χ1) is 13.9. The highest BCUT2D eigenvalue weighted by atomic mass is 19.1. The Balaban J connectivity index is 1.86. The van der Waals surface area contributed by atoms with Crippen LogP contribution in [0.4, 0.5) is 8.78 Å². The SMILES string of the molecule is Cc1cc(C)c(-c2ccnc(-c3cc(-c4ccccn4)c(F)nc3F)c2)c(C)c1. The van der Waals surface area contributed by atoms with E-state index in [1.165, 1.54) is 11.6 Å². The lowest BCUT2D eigenvalue weighted by Gasteiger charge is -2.13. The Morgan fingerprint density at radius 2 is 1.34 bits per heavy atom. The van der Waals surface area contributed by atoms with E-state index >= 15 is 0 Å². The van der Waals surface area contributed by atoms with Crippen LogP contribution in [-0.4, -0.2) is 15.0 Å². The van der Waals surface area contributed by atoms with Crippen molar-refractivity contribution in [3.05, 3.63) is 89.5 Å². The van der Waals surface area contributed by atoms with E-state index < -0.39 is 11.9 Å². The molecule has 0 saturated carbocycles. The fraction of sp³-hybridized carbons (Fsp3) is 0.125. The number of hydrogen-bond donors (Lipinski definition) is 0. The monoisotopic (exact) mass is 387 g/mol. The van der Waals surface area contributed by atoms with Crippen LogP contribution in [0, 0.1) is 32.7 Å². The summed E-state index contributed by atoms with van der Waals surface area (Å²) in [6.07, 6.45) is 3.19. The maximum Gasteiger partial charge on any atom is 0.225 e. The molecule has 0 saturated heterocycles. The van der Waals surface area contributed by atoms with Gasteiger partial charge >= 0.3 is 0 Å². The Morgan fingerprint density at radius 1 is 0.690 bits per heavy atom. The molecule has 3 aromatic heterocycles. The van der Waals surface area contributed by atoms with Crippen molar-refractivity contribution < 1.29 is 8.78 Å². The molecule has 3 heterocycles. The molecule has 1 aromatic carbocycles. The minimum atomic E-state index is -0.899. The van der Waals surface area contributed by atoms with E-state index in [1.807, 2.05) is 12.1 Å². The van der Waals surface area contributed by atoms with Gasteiger partial charge in [-0.1, -0.05) is 23.8 Å². The van der Waals surface area contributed by atoms with E-state index in [-0.39, 0.29) is 11.1 Å². The Bertz CT molecular complexity index is 1180. The predicted octanol–water partition coefficient (Wildman–Crippen LogP) is 6.08. The summed E-state index contributed by atoms with van der Waals surface area (Å²) in [5.74, 6) is -1.80. The smallest absolute Gasteiger partial charge is 0.225 e. The molecular weight excluding hydrogens is 368 g/mol. The molecule has 29 heavy (non-hydrogen) atoms. The summed E-state index contributed by atoms with van der Waals surface area (Å²) >= 11 is 0. The van der Waals surface area contributed by atoms with Gasteiger partial charge in [-0.2, -0.15) is 13.8 Å². The average Bonchev–Trinajstić information content (AvgIpc) is 2.68. The number of nitrogens with zero attached hydrogens (tertiary/aromatic N) is 3. The molecule has 0 aliphatic carbocycles. The first kappa shape index (κ1) is 18.9. The number of hydrogen-bond acceptors (Lipinski definition) is 3. The number of rotatable bonds is 3. The zero-order chi connectivity index (χ0) is 20.5. The lowest BCUT2D eigenvalue weighted by molar-refractivity contribution is 0.517. The molecule has 144 valence electrons. The summed E-state index contributed by atoms with van der Waals surface area (Å²) in [6, 6.07) is 14.5. The molecule has 0 aliphatic rings. The fourth-order valence-electron chi connectivity index (χ4n) is 3.72. The zero-order valence-electron chi connectivity index (χ0n) is 16.4. The number of pyridine rings is 3. The van der Waals surface area contributed by atoms with E-state index in [2.05, 4.69) is 47.9 Å². The molecule has 0 spiro atoms. The Kier molecular flexibility index (Phi) is 4.89. The van der Waals surface area contributed by atoms with Gasteiger partial charge in [-0.05, 0) is 73.4 Å². The van der Waals surface area contributed by atoms with Crippen molar-refractivity contribution >= 4 is 0 Å². The molecule has 4 rings (SSSR count). The van der Waals surface area contributed by atoms with Gasteiger partial charge in [-0.15, -0.1) is 0 Å². The predicted molar refractivity (Wildman–Crippen MR) is 110 cm³/mol. The van der Waals surface area contributed by atoms with Gasteiger partial charge in [0.2, 0.25) is 11.9 Å². The normalized spacial score (nSPS) is 10.9. The van der Waals surface area contributed by atoms with Gasteiger partial charge in [0.05, 0.1) is 22.5 Å². The molecule has 0 N–H and O–H groups in total. The number of halogens is 2. The molecule has 0 bridgehead atoms. The van der Waals surface area contributed by atoms with Gasteiger partial charge in [0, 0.05) is 12.4 Å². The van der Waals surface area contributed by atoms with Crippen LogP contribution in [0.25, 0.3) is 33.6 Å². The second-order valence-corrected chi connectivity index (χ2v) is 7.08. The van der Waals surface area contributed by atoms with Crippen LogP contribution < -0.4 is 0 Å². The van der Waals surface area contributed by atoms with Crippen molar-refractivity contribution in [2.24, 2.45) is 0 Å². The van der Waals surface area contributed by atoms with E-state index in [0.29, 0.717) is 11.4 Å². The third-order valence-electron chi connectivity index (χ3n) is 4.87. The van der Waals surface area contributed by atoms with Crippen LogP contribution in [0.2, 0.25) is 0 Å². The number of aromatic nitrogens is 3. The first-order valence-electron chi connectivity index (χ1n) is 9.26. The topological polar surface area (TPSA) is 38.7 Å². The molecule has 0 amide bonds. The van der Waals surface area contributed by atoms with Crippen molar-refractivity contribution in [1.29, 1.82) is 0 Å². The maximum absolute atomic E-state index is 14.6. The maximum atomic E-state index is 14.6. The average molecular weight is 387 g/mol. The van der Waals surface area contributed by atoms with Crippen LogP contribution >= 0.6 is 0 Å². The van der Waals surface area contributed by atoms with Crippen LogP contribution in [-0.2, 0) is 0 Å². The van der Waals surface area contributed by atoms with Crippen molar-refractivity contribution in [2.75, 3.05) is 0 Å². The number of benzene rings is 1. The van der Waals surface area contributed by atoms with Gasteiger partial charge in [0.25, 0.3) is 0 Å². The minimum absolute atomic E-state index is 0.135. The lowest BCUT2D eigenvalue weighted by atomic mass is 9.93. The van der Waals surface area contributed by atoms with Gasteiger partial charge in [-0.25, -0.2) is 0 Å².